The zero-order chi connectivity index (χ0) is 31.6. The van der Waals surface area contributed by atoms with Crippen LogP contribution in [-0.2, 0) is 29.4 Å². The lowest BCUT2D eigenvalue weighted by atomic mass is 10.1. The number of carbonyl (C=O) groups excluding carboxylic acids is 2. The molecule has 11 nitrogen and oxygen atoms in total. The van der Waals surface area contributed by atoms with Gasteiger partial charge in [0.25, 0.3) is 10.0 Å². The fraction of sp³-hybridized carbons (Fsp3) is 0.0385. The molecule has 4 N–H and O–H groups in total. The molecule has 0 fully saturated rings. The summed E-state index contributed by atoms with van der Waals surface area (Å²) in [6.45, 7) is 0. The maximum atomic E-state index is 13.1. The van der Waals surface area contributed by atoms with Crippen LogP contribution in [-0.4, -0.2) is 40.8 Å². The molecule has 17 heteroatoms. The first-order valence-corrected chi connectivity index (χ1v) is 15.4. The molecule has 0 aliphatic carbocycles. The monoisotopic (exact) mass is 653 g/mol. The van der Waals surface area contributed by atoms with Gasteiger partial charge in [0.15, 0.2) is 0 Å². The number of nitrogens with two attached hydrogens (primary N) is 1. The van der Waals surface area contributed by atoms with Crippen molar-refractivity contribution in [2.45, 2.75) is 20.2 Å². The van der Waals surface area contributed by atoms with Crippen LogP contribution in [0.3, 0.4) is 0 Å². The number of anilines is 1. The third-order valence-corrected chi connectivity index (χ3v) is 10.2. The fourth-order valence-corrected chi connectivity index (χ4v) is 7.34. The van der Waals surface area contributed by atoms with Crippen LogP contribution in [0.25, 0.3) is 0 Å². The van der Waals surface area contributed by atoms with E-state index in [1.165, 1.54) is 48.5 Å². The number of alkyl halides is 3. The van der Waals surface area contributed by atoms with Gasteiger partial charge in [-0.25, -0.2) is 26.4 Å². The fourth-order valence-electron chi connectivity index (χ4n) is 3.39. The highest BCUT2D eigenvalue weighted by molar-refractivity contribution is 7.95. The van der Waals surface area contributed by atoms with Gasteiger partial charge in [0.1, 0.15) is 27.1 Å². The molecular weight excluding hydrogens is 635 g/mol. The molecule has 1 aromatic heterocycles. The van der Waals surface area contributed by atoms with Gasteiger partial charge >= 0.3 is 18.1 Å². The Labute approximate surface area is 246 Å². The predicted octanol–water partition coefficient (Wildman–Crippen LogP) is 4.70. The molecule has 3 aromatic carbocycles. The SMILES string of the molecule is N=C(N)c1ccc(Oc2ccc(NS(=O)(=O)c3cc(S(=O)(=O)c4ccccc4)cs3)cc2C(=O)OC(=O)C(F)(F)F)cc1. The summed E-state index contributed by atoms with van der Waals surface area (Å²) in [5.74, 6) is -5.24. The molecule has 0 aliphatic heterocycles. The number of sulfone groups is 1. The summed E-state index contributed by atoms with van der Waals surface area (Å²) in [5, 5.41) is 8.55. The lowest BCUT2D eigenvalue weighted by molar-refractivity contribution is -0.193. The summed E-state index contributed by atoms with van der Waals surface area (Å²) in [7, 11) is -8.51. The van der Waals surface area contributed by atoms with Crippen LogP contribution >= 0.6 is 11.3 Å². The average Bonchev–Trinajstić information content (AvgIpc) is 3.47. The second-order valence-corrected chi connectivity index (χ2v) is 13.2. The number of nitrogen functional groups attached to an aromatic ring is 1. The molecule has 0 amide bonds. The molecule has 0 unspecified atom stereocenters. The highest BCUT2D eigenvalue weighted by Gasteiger charge is 2.43. The Kier molecular flexibility index (Phi) is 8.61. The van der Waals surface area contributed by atoms with Gasteiger partial charge < -0.3 is 15.2 Å². The maximum Gasteiger partial charge on any atom is 0.491 e. The van der Waals surface area contributed by atoms with Crippen molar-refractivity contribution in [3.8, 4) is 11.5 Å². The minimum absolute atomic E-state index is 0.0419. The van der Waals surface area contributed by atoms with Gasteiger partial charge in [-0.15, -0.1) is 11.3 Å². The molecule has 0 radical (unpaired) electrons. The number of nitrogens with one attached hydrogen (secondary N) is 2. The Balaban J connectivity index is 1.65. The maximum absolute atomic E-state index is 13.1. The lowest BCUT2D eigenvalue weighted by Crippen LogP contribution is -2.28. The molecule has 0 atom stereocenters. The number of sulfonamides is 1. The number of benzene rings is 3. The highest BCUT2D eigenvalue weighted by Crippen LogP contribution is 2.33. The Hall–Kier alpha value is -4.74. The average molecular weight is 654 g/mol. The number of hydrogen-bond donors (Lipinski definition) is 3. The zero-order valence-corrected chi connectivity index (χ0v) is 23.7. The molecule has 0 saturated carbocycles. The van der Waals surface area contributed by atoms with Gasteiger partial charge in [-0.1, -0.05) is 18.2 Å². The molecular formula is C26H18F3N3O8S3. The van der Waals surface area contributed by atoms with Crippen molar-refractivity contribution in [3.05, 3.63) is 95.4 Å². The highest BCUT2D eigenvalue weighted by atomic mass is 32.2. The van der Waals surface area contributed by atoms with Crippen LogP contribution < -0.4 is 15.2 Å². The number of thiophene rings is 1. The van der Waals surface area contributed by atoms with E-state index in [-0.39, 0.29) is 27.1 Å². The molecule has 43 heavy (non-hydrogen) atoms. The number of carbonyl (C=O) groups is 2. The van der Waals surface area contributed by atoms with Crippen LogP contribution in [0.4, 0.5) is 18.9 Å². The second-order valence-electron chi connectivity index (χ2n) is 8.45. The van der Waals surface area contributed by atoms with Crippen LogP contribution in [0.1, 0.15) is 15.9 Å². The molecule has 1 heterocycles. The summed E-state index contributed by atoms with van der Waals surface area (Å²) in [5.41, 5.74) is 4.60. The van der Waals surface area contributed by atoms with Crippen molar-refractivity contribution < 1.29 is 49.1 Å². The van der Waals surface area contributed by atoms with E-state index in [0.717, 1.165) is 29.6 Å². The molecule has 4 aromatic rings. The van der Waals surface area contributed by atoms with E-state index in [1.807, 2.05) is 0 Å². The third-order valence-electron chi connectivity index (χ3n) is 5.44. The normalized spacial score (nSPS) is 11.9. The van der Waals surface area contributed by atoms with Crippen molar-refractivity contribution >= 4 is 54.7 Å². The number of halogens is 3. The van der Waals surface area contributed by atoms with Crippen molar-refractivity contribution in [2.24, 2.45) is 5.73 Å². The topological polar surface area (TPSA) is 183 Å². The molecule has 4 rings (SSSR count). The van der Waals surface area contributed by atoms with Crippen LogP contribution in [0.15, 0.2) is 98.2 Å². The molecule has 0 spiro atoms. The predicted molar refractivity (Wildman–Crippen MR) is 147 cm³/mol. The van der Waals surface area contributed by atoms with Gasteiger partial charge in [0, 0.05) is 16.6 Å². The van der Waals surface area contributed by atoms with Gasteiger partial charge in [-0.3, -0.25) is 10.1 Å². The van der Waals surface area contributed by atoms with E-state index < -0.39 is 53.5 Å². The quantitative estimate of drug-likeness (QED) is 0.0997. The summed E-state index contributed by atoms with van der Waals surface area (Å²) in [4.78, 5) is 23.5. The zero-order valence-electron chi connectivity index (χ0n) is 21.3. The Morgan fingerprint density at radius 2 is 1.53 bits per heavy atom. The molecule has 224 valence electrons. The van der Waals surface area contributed by atoms with Gasteiger partial charge in [0.05, 0.1) is 9.79 Å². The van der Waals surface area contributed by atoms with Gasteiger partial charge in [-0.2, -0.15) is 13.2 Å². The molecule has 0 bridgehead atoms. The van der Waals surface area contributed by atoms with E-state index in [4.69, 9.17) is 15.9 Å². The Morgan fingerprint density at radius 1 is 0.884 bits per heavy atom. The summed E-state index contributed by atoms with van der Waals surface area (Å²) < 4.78 is 101. The first kappa shape index (κ1) is 31.2. The Bertz CT molecular complexity index is 1930. The van der Waals surface area contributed by atoms with Crippen molar-refractivity contribution in [1.82, 2.24) is 0 Å². The van der Waals surface area contributed by atoms with E-state index in [9.17, 15) is 39.6 Å². The first-order valence-electron chi connectivity index (χ1n) is 11.6. The van der Waals surface area contributed by atoms with Crippen LogP contribution in [0.2, 0.25) is 0 Å². The van der Waals surface area contributed by atoms with Crippen molar-refractivity contribution in [3.63, 3.8) is 0 Å². The van der Waals surface area contributed by atoms with Crippen LogP contribution in [0.5, 0.6) is 11.5 Å². The largest absolute Gasteiger partial charge is 0.491 e. The first-order chi connectivity index (χ1) is 20.1. The summed E-state index contributed by atoms with van der Waals surface area (Å²) in [6.07, 6.45) is -5.50. The minimum Gasteiger partial charge on any atom is -0.456 e. The standard InChI is InChI=1S/C26H18F3N3O8S3/c27-26(28,29)25(34)40-24(33)20-12-16(8-11-21(20)39-17-9-6-15(7-10-17)23(30)31)32-43(37,38)22-13-19(14-41-22)42(35,36)18-4-2-1-3-5-18/h1-14,32H,(H3,30,31). The van der Waals surface area contributed by atoms with E-state index in [1.54, 1.807) is 6.07 Å². The number of amidine groups is 1. The molecule has 0 saturated heterocycles. The number of hydrogen-bond acceptors (Lipinski definition) is 10. The van der Waals surface area contributed by atoms with Crippen LogP contribution in [0, 0.1) is 5.41 Å². The van der Waals surface area contributed by atoms with E-state index in [2.05, 4.69) is 9.46 Å². The van der Waals surface area contributed by atoms with Crippen molar-refractivity contribution in [2.75, 3.05) is 4.72 Å². The molecule has 0 aliphatic rings. The summed E-state index contributed by atoms with van der Waals surface area (Å²) >= 11 is 0.587. The van der Waals surface area contributed by atoms with Gasteiger partial charge in [0.2, 0.25) is 9.84 Å². The lowest BCUT2D eigenvalue weighted by Gasteiger charge is -2.14. The number of esters is 2. The summed E-state index contributed by atoms with van der Waals surface area (Å²) in [6, 6.07) is 16.6. The van der Waals surface area contributed by atoms with E-state index >= 15 is 0 Å². The van der Waals surface area contributed by atoms with Gasteiger partial charge in [-0.05, 0) is 60.7 Å². The number of rotatable bonds is 9. The Morgan fingerprint density at radius 3 is 2.14 bits per heavy atom. The minimum atomic E-state index is -5.50. The smallest absolute Gasteiger partial charge is 0.456 e. The third kappa shape index (κ3) is 7.19. The van der Waals surface area contributed by atoms with Crippen molar-refractivity contribution in [1.29, 1.82) is 5.41 Å². The number of ether oxygens (including phenoxy) is 2. The second kappa shape index (κ2) is 11.9. The van der Waals surface area contributed by atoms with E-state index in [0.29, 0.717) is 16.9 Å².